The Morgan fingerprint density at radius 3 is 2.52 bits per heavy atom. The highest BCUT2D eigenvalue weighted by Crippen LogP contribution is 2.40. The third kappa shape index (κ3) is 4.09. The van der Waals surface area contributed by atoms with E-state index in [0.29, 0.717) is 0 Å². The van der Waals surface area contributed by atoms with E-state index in [1.54, 1.807) is 0 Å². The maximum Gasteiger partial charge on any atom is 0.410 e. The molecule has 1 unspecified atom stereocenters. The molecule has 2 aliphatic heterocycles. The van der Waals surface area contributed by atoms with E-state index in [2.05, 4.69) is 0 Å². The van der Waals surface area contributed by atoms with Crippen molar-refractivity contribution in [1.29, 1.82) is 0 Å². The monoisotopic (exact) mass is 401 g/mol. The first-order chi connectivity index (χ1) is 12.8. The van der Waals surface area contributed by atoms with Crippen molar-refractivity contribution in [3.8, 4) is 0 Å². The second-order valence-electron chi connectivity index (χ2n) is 6.47. The van der Waals surface area contributed by atoms with Gasteiger partial charge in [-0.05, 0) is 5.56 Å². The zero-order chi connectivity index (χ0) is 19.7. The van der Waals surface area contributed by atoms with Gasteiger partial charge >= 0.3 is 6.09 Å². The van der Waals surface area contributed by atoms with Gasteiger partial charge in [0.05, 0.1) is 12.8 Å². The first kappa shape index (κ1) is 20.0. The van der Waals surface area contributed by atoms with E-state index in [9.17, 15) is 13.2 Å². The van der Waals surface area contributed by atoms with E-state index < -0.39 is 40.2 Å². The standard InChI is InChI=1S/C17H23NO8S/c1-22-17(23-2)11-25-14-13(26-27(3,20)21)9-18(15(14)17)16(19)24-10-12-7-5-4-6-8-12/h4-8,13-15H,9-11H2,1-3H3/t13-,14-,15?/m1/s1. The first-order valence-electron chi connectivity index (χ1n) is 8.37. The van der Waals surface area contributed by atoms with Gasteiger partial charge in [-0.15, -0.1) is 0 Å². The lowest BCUT2D eigenvalue weighted by molar-refractivity contribution is -0.224. The highest BCUT2D eigenvalue weighted by atomic mass is 32.2. The van der Waals surface area contributed by atoms with Gasteiger partial charge < -0.3 is 18.9 Å². The number of hydrogen-bond acceptors (Lipinski definition) is 8. The van der Waals surface area contributed by atoms with Crippen LogP contribution in [-0.2, 0) is 39.9 Å². The molecule has 27 heavy (non-hydrogen) atoms. The van der Waals surface area contributed by atoms with Crippen molar-refractivity contribution in [2.75, 3.05) is 33.6 Å². The Hall–Kier alpha value is -1.72. The van der Waals surface area contributed by atoms with E-state index in [1.165, 1.54) is 19.1 Å². The van der Waals surface area contributed by atoms with E-state index in [4.69, 9.17) is 23.1 Å². The number of fused-ring (bicyclic) bond motifs is 1. The molecule has 0 aromatic heterocycles. The predicted octanol–water partition coefficient (Wildman–Crippen LogP) is 0.740. The molecular weight excluding hydrogens is 378 g/mol. The third-order valence-corrected chi connectivity index (χ3v) is 5.34. The van der Waals surface area contributed by atoms with Crippen molar-refractivity contribution in [2.24, 2.45) is 0 Å². The van der Waals surface area contributed by atoms with Crippen LogP contribution in [0.2, 0.25) is 0 Å². The van der Waals surface area contributed by atoms with Crippen molar-refractivity contribution in [3.63, 3.8) is 0 Å². The van der Waals surface area contributed by atoms with Gasteiger partial charge in [0.15, 0.2) is 0 Å². The van der Waals surface area contributed by atoms with E-state index >= 15 is 0 Å². The summed E-state index contributed by atoms with van der Waals surface area (Å²) in [6.07, 6.45) is -1.27. The normalized spacial score (nSPS) is 26.8. The molecule has 1 amide bonds. The number of rotatable bonds is 6. The average molecular weight is 401 g/mol. The number of ether oxygens (including phenoxy) is 4. The van der Waals surface area contributed by atoms with Gasteiger partial charge in [0, 0.05) is 14.2 Å². The Morgan fingerprint density at radius 2 is 1.93 bits per heavy atom. The lowest BCUT2D eigenvalue weighted by atomic mass is 10.1. The van der Waals surface area contributed by atoms with E-state index in [1.807, 2.05) is 30.3 Å². The molecule has 0 N–H and O–H groups in total. The van der Waals surface area contributed by atoms with Crippen LogP contribution in [0.25, 0.3) is 0 Å². The topological polar surface area (TPSA) is 101 Å². The number of likely N-dealkylation sites (tertiary alicyclic amines) is 1. The first-order valence-corrected chi connectivity index (χ1v) is 10.2. The summed E-state index contributed by atoms with van der Waals surface area (Å²) in [7, 11) is -0.866. The number of carbonyl (C=O) groups is 1. The van der Waals surface area contributed by atoms with Gasteiger partial charge in [-0.3, -0.25) is 9.08 Å². The Kier molecular flexibility index (Phi) is 5.73. The van der Waals surface area contributed by atoms with Crippen LogP contribution in [-0.4, -0.2) is 77.1 Å². The number of benzene rings is 1. The molecule has 0 aliphatic carbocycles. The molecule has 150 valence electrons. The van der Waals surface area contributed by atoms with Gasteiger partial charge in [0.2, 0.25) is 5.79 Å². The van der Waals surface area contributed by atoms with Crippen molar-refractivity contribution >= 4 is 16.2 Å². The summed E-state index contributed by atoms with van der Waals surface area (Å²) in [6.45, 7) is 0.0882. The molecule has 1 aromatic rings. The number of methoxy groups -OCH3 is 2. The minimum Gasteiger partial charge on any atom is -0.445 e. The predicted molar refractivity (Wildman–Crippen MR) is 93.3 cm³/mol. The van der Waals surface area contributed by atoms with Gasteiger partial charge in [-0.1, -0.05) is 30.3 Å². The largest absolute Gasteiger partial charge is 0.445 e. The highest BCUT2D eigenvalue weighted by molar-refractivity contribution is 7.86. The zero-order valence-corrected chi connectivity index (χ0v) is 16.2. The third-order valence-electron chi connectivity index (χ3n) is 4.75. The van der Waals surface area contributed by atoms with Crippen LogP contribution < -0.4 is 0 Å². The molecule has 2 heterocycles. The maximum absolute atomic E-state index is 12.7. The Labute approximate surface area is 158 Å². The van der Waals surface area contributed by atoms with Crippen LogP contribution in [0, 0.1) is 0 Å². The second kappa shape index (κ2) is 7.72. The SMILES string of the molecule is COC1(OC)CO[C@H]2C1N(C(=O)OCc1ccccc1)C[C@H]2OS(C)(=O)=O. The molecule has 2 fully saturated rings. The van der Waals surface area contributed by atoms with Crippen LogP contribution >= 0.6 is 0 Å². The fourth-order valence-electron chi connectivity index (χ4n) is 3.52. The zero-order valence-electron chi connectivity index (χ0n) is 15.4. The summed E-state index contributed by atoms with van der Waals surface area (Å²) in [6, 6.07) is 8.52. The molecule has 9 nitrogen and oxygen atoms in total. The Balaban J connectivity index is 1.80. The quantitative estimate of drug-likeness (QED) is 0.508. The summed E-state index contributed by atoms with van der Waals surface area (Å²) in [4.78, 5) is 14.1. The van der Waals surface area contributed by atoms with Crippen LogP contribution in [0.4, 0.5) is 4.79 Å². The molecule has 3 atom stereocenters. The van der Waals surface area contributed by atoms with Crippen LogP contribution in [0.1, 0.15) is 5.56 Å². The molecule has 0 saturated carbocycles. The molecule has 2 saturated heterocycles. The lowest BCUT2D eigenvalue weighted by Crippen LogP contribution is -2.55. The van der Waals surface area contributed by atoms with Gasteiger partial charge in [-0.2, -0.15) is 8.42 Å². The van der Waals surface area contributed by atoms with E-state index in [0.717, 1.165) is 11.8 Å². The van der Waals surface area contributed by atoms with Crippen molar-refractivity contribution in [1.82, 2.24) is 4.90 Å². The molecular formula is C17H23NO8S. The number of amides is 1. The summed E-state index contributed by atoms with van der Waals surface area (Å²) in [5, 5.41) is 0. The number of nitrogens with zero attached hydrogens (tertiary/aromatic N) is 1. The molecule has 1 aromatic carbocycles. The van der Waals surface area contributed by atoms with Gasteiger partial charge in [-0.25, -0.2) is 4.79 Å². The minimum absolute atomic E-state index is 0.0233. The van der Waals surface area contributed by atoms with Crippen molar-refractivity contribution in [3.05, 3.63) is 35.9 Å². The highest BCUT2D eigenvalue weighted by Gasteiger charge is 2.63. The summed E-state index contributed by atoms with van der Waals surface area (Å²) >= 11 is 0. The summed E-state index contributed by atoms with van der Waals surface area (Å²) in [5.74, 6) is -1.23. The maximum atomic E-state index is 12.7. The van der Waals surface area contributed by atoms with Crippen molar-refractivity contribution in [2.45, 2.75) is 30.6 Å². The molecule has 0 spiro atoms. The van der Waals surface area contributed by atoms with Crippen molar-refractivity contribution < 1.29 is 36.3 Å². The second-order valence-corrected chi connectivity index (χ2v) is 8.07. The van der Waals surface area contributed by atoms with E-state index in [-0.39, 0.29) is 19.8 Å². The summed E-state index contributed by atoms with van der Waals surface area (Å²) < 4.78 is 50.3. The van der Waals surface area contributed by atoms with Crippen LogP contribution in [0.5, 0.6) is 0 Å². The smallest absolute Gasteiger partial charge is 0.410 e. The van der Waals surface area contributed by atoms with Gasteiger partial charge in [0.25, 0.3) is 10.1 Å². The molecule has 2 aliphatic rings. The van der Waals surface area contributed by atoms with Crippen LogP contribution in [0.15, 0.2) is 30.3 Å². The lowest BCUT2D eigenvalue weighted by Gasteiger charge is -2.35. The van der Waals surface area contributed by atoms with Gasteiger partial charge in [0.1, 0.15) is 31.5 Å². The average Bonchev–Trinajstić information content (AvgIpc) is 3.19. The Bertz CT molecular complexity index is 764. The molecule has 10 heteroatoms. The fraction of sp³-hybridized carbons (Fsp3) is 0.588. The number of hydrogen-bond donors (Lipinski definition) is 0. The Morgan fingerprint density at radius 1 is 1.26 bits per heavy atom. The summed E-state index contributed by atoms with van der Waals surface area (Å²) in [5.41, 5.74) is 0.831. The van der Waals surface area contributed by atoms with Crippen LogP contribution in [0.3, 0.4) is 0 Å². The number of carbonyl (C=O) groups excluding carboxylic acids is 1. The fourth-order valence-corrected chi connectivity index (χ4v) is 4.14. The molecule has 0 bridgehead atoms. The molecule has 0 radical (unpaired) electrons. The minimum atomic E-state index is -3.74. The molecule has 3 rings (SSSR count).